The van der Waals surface area contributed by atoms with Crippen LogP contribution in [0.2, 0.25) is 0 Å². The minimum Gasteiger partial charge on any atom is -0.481 e. The van der Waals surface area contributed by atoms with Crippen molar-refractivity contribution < 1.29 is 24.2 Å². The third-order valence-electron chi connectivity index (χ3n) is 3.66. The maximum absolute atomic E-state index is 12.4. The molecular weight excluding hydrogens is 276 g/mol. The lowest BCUT2D eigenvalue weighted by Crippen LogP contribution is -2.48. The number of piperidine rings is 1. The number of urea groups is 1. The summed E-state index contributed by atoms with van der Waals surface area (Å²) in [7, 11) is 1.30. The van der Waals surface area contributed by atoms with Crippen molar-refractivity contribution in [2.24, 2.45) is 5.92 Å². The molecule has 1 rings (SSSR count). The molecule has 1 heterocycles. The second-order valence-electron chi connectivity index (χ2n) is 5.31. The first-order valence-corrected chi connectivity index (χ1v) is 7.30. The van der Waals surface area contributed by atoms with Crippen LogP contribution in [0.5, 0.6) is 0 Å². The Kier molecular flexibility index (Phi) is 6.98. The Balaban J connectivity index is 2.52. The molecule has 7 heteroatoms. The topological polar surface area (TPSA) is 87.2 Å². The van der Waals surface area contributed by atoms with Gasteiger partial charge in [0, 0.05) is 26.1 Å². The number of methoxy groups -OCH3 is 1. The SMILES string of the molecule is CCCN(CC(=O)OC)C(=O)N1CCC(CC(=O)O)CC1. The van der Waals surface area contributed by atoms with Crippen LogP contribution in [0.25, 0.3) is 0 Å². The van der Waals surface area contributed by atoms with Gasteiger partial charge in [0.15, 0.2) is 0 Å². The van der Waals surface area contributed by atoms with E-state index in [1.807, 2.05) is 6.92 Å². The van der Waals surface area contributed by atoms with E-state index in [2.05, 4.69) is 4.74 Å². The summed E-state index contributed by atoms with van der Waals surface area (Å²) in [4.78, 5) is 37.6. The number of ether oxygens (including phenoxy) is 1. The zero-order valence-electron chi connectivity index (χ0n) is 12.7. The van der Waals surface area contributed by atoms with Crippen molar-refractivity contribution in [2.75, 3.05) is 33.3 Å². The van der Waals surface area contributed by atoms with Crippen LogP contribution in [0, 0.1) is 5.92 Å². The van der Waals surface area contributed by atoms with E-state index in [0.717, 1.165) is 6.42 Å². The van der Waals surface area contributed by atoms with Gasteiger partial charge >= 0.3 is 18.0 Å². The predicted octanol–water partition coefficient (Wildman–Crippen LogP) is 1.18. The van der Waals surface area contributed by atoms with Crippen LogP contribution in [0.1, 0.15) is 32.6 Å². The Morgan fingerprint density at radius 1 is 1.29 bits per heavy atom. The largest absolute Gasteiger partial charge is 0.481 e. The summed E-state index contributed by atoms with van der Waals surface area (Å²) in [5.41, 5.74) is 0. The van der Waals surface area contributed by atoms with Gasteiger partial charge in [-0.15, -0.1) is 0 Å². The molecule has 0 aromatic rings. The number of carbonyl (C=O) groups excluding carboxylic acids is 2. The summed E-state index contributed by atoms with van der Waals surface area (Å²) in [6.45, 7) is 3.48. The summed E-state index contributed by atoms with van der Waals surface area (Å²) in [6, 6.07) is -0.170. The number of carboxylic acids is 1. The van der Waals surface area contributed by atoms with Gasteiger partial charge in [0.05, 0.1) is 7.11 Å². The average Bonchev–Trinajstić information content (AvgIpc) is 2.46. The Morgan fingerprint density at radius 2 is 1.90 bits per heavy atom. The maximum Gasteiger partial charge on any atom is 0.325 e. The number of rotatable bonds is 6. The van der Waals surface area contributed by atoms with Gasteiger partial charge in [0.25, 0.3) is 0 Å². The standard InChI is InChI=1S/C14H24N2O5/c1-3-6-16(10-13(19)21-2)14(20)15-7-4-11(5-8-15)9-12(17)18/h11H,3-10H2,1-2H3,(H,17,18). The van der Waals surface area contributed by atoms with E-state index < -0.39 is 11.9 Å². The third-order valence-corrected chi connectivity index (χ3v) is 3.66. The molecule has 0 aromatic heterocycles. The first-order valence-electron chi connectivity index (χ1n) is 7.30. The van der Waals surface area contributed by atoms with Crippen molar-refractivity contribution in [3.8, 4) is 0 Å². The van der Waals surface area contributed by atoms with E-state index in [9.17, 15) is 14.4 Å². The van der Waals surface area contributed by atoms with Crippen LogP contribution < -0.4 is 0 Å². The number of aliphatic carboxylic acids is 1. The van der Waals surface area contributed by atoms with Gasteiger partial charge in [-0.1, -0.05) is 6.92 Å². The molecule has 0 bridgehead atoms. The second-order valence-corrected chi connectivity index (χ2v) is 5.31. The first-order chi connectivity index (χ1) is 9.97. The quantitative estimate of drug-likeness (QED) is 0.744. The fourth-order valence-corrected chi connectivity index (χ4v) is 2.51. The van der Waals surface area contributed by atoms with Gasteiger partial charge in [-0.2, -0.15) is 0 Å². The zero-order valence-corrected chi connectivity index (χ0v) is 12.7. The summed E-state index contributed by atoms with van der Waals surface area (Å²) in [6.07, 6.45) is 2.30. The molecule has 21 heavy (non-hydrogen) atoms. The lowest BCUT2D eigenvalue weighted by Gasteiger charge is -2.35. The molecule has 7 nitrogen and oxygen atoms in total. The number of esters is 1. The lowest BCUT2D eigenvalue weighted by molar-refractivity contribution is -0.141. The fraction of sp³-hybridized carbons (Fsp3) is 0.786. The molecule has 0 saturated carbocycles. The summed E-state index contributed by atoms with van der Waals surface area (Å²) in [5, 5.41) is 8.79. The van der Waals surface area contributed by atoms with Crippen molar-refractivity contribution in [2.45, 2.75) is 32.6 Å². The molecule has 1 aliphatic rings. The molecule has 1 aliphatic heterocycles. The van der Waals surface area contributed by atoms with Crippen LogP contribution in [-0.2, 0) is 14.3 Å². The molecule has 0 unspecified atom stereocenters. The minimum absolute atomic E-state index is 0.0434. The lowest BCUT2D eigenvalue weighted by atomic mass is 9.94. The summed E-state index contributed by atoms with van der Waals surface area (Å²) in [5.74, 6) is -1.09. The third kappa shape index (κ3) is 5.61. The molecule has 0 atom stereocenters. The number of carboxylic acid groups (broad SMARTS) is 1. The van der Waals surface area contributed by atoms with Gasteiger partial charge in [-0.3, -0.25) is 9.59 Å². The number of nitrogens with zero attached hydrogens (tertiary/aromatic N) is 2. The smallest absolute Gasteiger partial charge is 0.325 e. The van der Waals surface area contributed by atoms with Crippen molar-refractivity contribution in [3.63, 3.8) is 0 Å². The number of amides is 2. The Labute approximate surface area is 124 Å². The van der Waals surface area contributed by atoms with Gasteiger partial charge < -0.3 is 19.6 Å². The van der Waals surface area contributed by atoms with Crippen molar-refractivity contribution in [1.82, 2.24) is 9.80 Å². The number of carbonyl (C=O) groups is 3. The summed E-state index contributed by atoms with van der Waals surface area (Å²) < 4.78 is 4.61. The molecular formula is C14H24N2O5. The van der Waals surface area contributed by atoms with E-state index >= 15 is 0 Å². The van der Waals surface area contributed by atoms with E-state index in [-0.39, 0.29) is 24.9 Å². The number of likely N-dealkylation sites (tertiary alicyclic amines) is 1. The van der Waals surface area contributed by atoms with E-state index in [4.69, 9.17) is 5.11 Å². The fourth-order valence-electron chi connectivity index (χ4n) is 2.51. The average molecular weight is 300 g/mol. The number of hydrogen-bond acceptors (Lipinski definition) is 4. The van der Waals surface area contributed by atoms with Gasteiger partial charge in [-0.05, 0) is 25.2 Å². The normalized spacial score (nSPS) is 15.6. The van der Waals surface area contributed by atoms with Crippen molar-refractivity contribution in [3.05, 3.63) is 0 Å². The van der Waals surface area contributed by atoms with Crippen molar-refractivity contribution >= 4 is 18.0 Å². The first kappa shape index (κ1) is 17.3. The molecule has 0 aromatic carbocycles. The predicted molar refractivity (Wildman–Crippen MR) is 75.8 cm³/mol. The van der Waals surface area contributed by atoms with Crippen LogP contribution >= 0.6 is 0 Å². The highest BCUT2D eigenvalue weighted by atomic mass is 16.5. The Bertz CT molecular complexity index is 378. The van der Waals surface area contributed by atoms with E-state index in [0.29, 0.717) is 32.5 Å². The molecule has 1 saturated heterocycles. The van der Waals surface area contributed by atoms with Crippen LogP contribution in [0.15, 0.2) is 0 Å². The van der Waals surface area contributed by atoms with Crippen LogP contribution in [-0.4, -0.2) is 66.2 Å². The van der Waals surface area contributed by atoms with Crippen LogP contribution in [0.4, 0.5) is 4.79 Å². The van der Waals surface area contributed by atoms with E-state index in [1.165, 1.54) is 12.0 Å². The van der Waals surface area contributed by atoms with Crippen molar-refractivity contribution in [1.29, 1.82) is 0 Å². The highest BCUT2D eigenvalue weighted by molar-refractivity contribution is 5.81. The van der Waals surface area contributed by atoms with E-state index in [1.54, 1.807) is 4.90 Å². The van der Waals surface area contributed by atoms with Gasteiger partial charge in [0.2, 0.25) is 0 Å². The monoisotopic (exact) mass is 300 g/mol. The maximum atomic E-state index is 12.4. The highest BCUT2D eigenvalue weighted by Crippen LogP contribution is 2.21. The molecule has 0 radical (unpaired) electrons. The van der Waals surface area contributed by atoms with Crippen LogP contribution in [0.3, 0.4) is 0 Å². The van der Waals surface area contributed by atoms with Gasteiger partial charge in [-0.25, -0.2) is 4.79 Å². The second kappa shape index (κ2) is 8.49. The zero-order chi connectivity index (χ0) is 15.8. The van der Waals surface area contributed by atoms with Gasteiger partial charge in [0.1, 0.15) is 6.54 Å². The molecule has 2 amide bonds. The highest BCUT2D eigenvalue weighted by Gasteiger charge is 2.28. The molecule has 120 valence electrons. The molecule has 1 N–H and O–H groups in total. The minimum atomic E-state index is -0.793. The number of hydrogen-bond donors (Lipinski definition) is 1. The molecule has 0 spiro atoms. The Morgan fingerprint density at radius 3 is 2.38 bits per heavy atom. The Hall–Kier alpha value is -1.79. The molecule has 0 aliphatic carbocycles. The molecule has 1 fully saturated rings. The summed E-state index contributed by atoms with van der Waals surface area (Å²) >= 11 is 0.